The highest BCUT2D eigenvalue weighted by Gasteiger charge is 2.29. The first-order valence-electron chi connectivity index (χ1n) is 9.43. The molecule has 0 bridgehead atoms. The Balaban J connectivity index is 0.00000288. The molecule has 2 aliphatic heterocycles. The lowest BCUT2D eigenvalue weighted by Crippen LogP contribution is -2.41. The quantitative estimate of drug-likeness (QED) is 0.266. The molecule has 0 aromatic heterocycles. The number of nitrogens with one attached hydrogen (secondary N) is 1. The standard InChI is InChI=1S/C18H35N3O2.HI/c1-4-15(5-2)16-8-10-21(13-16)18(19-3)20-9-12-22-14-17-7-6-11-23-17;/h15-17H,4-14H2,1-3H3,(H,19,20);1H. The molecule has 24 heavy (non-hydrogen) atoms. The first kappa shape index (κ1) is 22.0. The Morgan fingerprint density at radius 2 is 2.12 bits per heavy atom. The van der Waals surface area contributed by atoms with Gasteiger partial charge in [0.25, 0.3) is 0 Å². The monoisotopic (exact) mass is 453 g/mol. The number of guanidine groups is 1. The molecule has 2 saturated heterocycles. The van der Waals surface area contributed by atoms with Crippen LogP contribution in [0.25, 0.3) is 0 Å². The molecule has 0 aromatic rings. The molecule has 0 spiro atoms. The zero-order valence-corrected chi connectivity index (χ0v) is 18.0. The largest absolute Gasteiger partial charge is 0.377 e. The van der Waals surface area contributed by atoms with Gasteiger partial charge in [-0.3, -0.25) is 4.99 Å². The van der Waals surface area contributed by atoms with Gasteiger partial charge in [0.2, 0.25) is 0 Å². The maximum atomic E-state index is 5.71. The number of aliphatic imine (C=N–C) groups is 1. The summed E-state index contributed by atoms with van der Waals surface area (Å²) in [7, 11) is 1.88. The van der Waals surface area contributed by atoms with Crippen molar-refractivity contribution in [3.05, 3.63) is 0 Å². The Hall–Kier alpha value is -0.0800. The fourth-order valence-corrected chi connectivity index (χ4v) is 3.88. The van der Waals surface area contributed by atoms with Gasteiger partial charge in [-0.1, -0.05) is 26.7 Å². The molecule has 0 aromatic carbocycles. The number of ether oxygens (including phenoxy) is 2. The Labute approximate surface area is 165 Å². The molecule has 2 aliphatic rings. The van der Waals surface area contributed by atoms with E-state index in [0.717, 1.165) is 57.1 Å². The molecule has 6 heteroatoms. The van der Waals surface area contributed by atoms with Gasteiger partial charge in [0, 0.05) is 33.3 Å². The van der Waals surface area contributed by atoms with E-state index in [1.54, 1.807) is 0 Å². The summed E-state index contributed by atoms with van der Waals surface area (Å²) in [6, 6.07) is 0. The van der Waals surface area contributed by atoms with Crippen LogP contribution in [0.4, 0.5) is 0 Å². The lowest BCUT2D eigenvalue weighted by atomic mass is 9.87. The number of likely N-dealkylation sites (tertiary alicyclic amines) is 1. The van der Waals surface area contributed by atoms with E-state index in [4.69, 9.17) is 9.47 Å². The molecule has 2 unspecified atom stereocenters. The molecule has 0 saturated carbocycles. The summed E-state index contributed by atoms with van der Waals surface area (Å²) >= 11 is 0. The maximum absolute atomic E-state index is 5.71. The summed E-state index contributed by atoms with van der Waals surface area (Å²) in [5.74, 6) is 2.70. The van der Waals surface area contributed by atoms with E-state index in [1.807, 2.05) is 7.05 Å². The lowest BCUT2D eigenvalue weighted by Gasteiger charge is -2.24. The van der Waals surface area contributed by atoms with Gasteiger partial charge in [-0.05, 0) is 31.1 Å². The van der Waals surface area contributed by atoms with Crippen molar-refractivity contribution in [1.29, 1.82) is 0 Å². The Morgan fingerprint density at radius 3 is 2.75 bits per heavy atom. The molecule has 2 atom stereocenters. The van der Waals surface area contributed by atoms with Crippen molar-refractivity contribution in [2.75, 3.05) is 46.5 Å². The van der Waals surface area contributed by atoms with Crippen molar-refractivity contribution >= 4 is 29.9 Å². The lowest BCUT2D eigenvalue weighted by molar-refractivity contribution is 0.0190. The van der Waals surface area contributed by atoms with Crippen molar-refractivity contribution in [3.8, 4) is 0 Å². The van der Waals surface area contributed by atoms with Gasteiger partial charge in [-0.15, -0.1) is 24.0 Å². The van der Waals surface area contributed by atoms with Crippen LogP contribution in [-0.4, -0.2) is 63.5 Å². The minimum absolute atomic E-state index is 0. The van der Waals surface area contributed by atoms with Gasteiger partial charge in [0.05, 0.1) is 19.3 Å². The SMILES string of the molecule is CCC(CC)C1CCN(C(=NC)NCCOCC2CCCO2)C1.I. The predicted molar refractivity (Wildman–Crippen MR) is 110 cm³/mol. The minimum Gasteiger partial charge on any atom is -0.377 e. The van der Waals surface area contributed by atoms with Gasteiger partial charge >= 0.3 is 0 Å². The Morgan fingerprint density at radius 1 is 1.33 bits per heavy atom. The fraction of sp³-hybridized carbons (Fsp3) is 0.944. The topological polar surface area (TPSA) is 46.1 Å². The average Bonchev–Trinajstić information content (AvgIpc) is 3.24. The first-order chi connectivity index (χ1) is 11.3. The highest BCUT2D eigenvalue weighted by molar-refractivity contribution is 14.0. The van der Waals surface area contributed by atoms with Crippen molar-refractivity contribution in [2.24, 2.45) is 16.8 Å². The smallest absolute Gasteiger partial charge is 0.193 e. The number of hydrogen-bond acceptors (Lipinski definition) is 3. The van der Waals surface area contributed by atoms with E-state index in [9.17, 15) is 0 Å². The minimum atomic E-state index is 0. The zero-order valence-electron chi connectivity index (χ0n) is 15.6. The number of nitrogens with zero attached hydrogens (tertiary/aromatic N) is 2. The molecular formula is C18H36IN3O2. The normalized spacial score (nSPS) is 24.5. The molecule has 2 heterocycles. The van der Waals surface area contributed by atoms with E-state index >= 15 is 0 Å². The van der Waals surface area contributed by atoms with E-state index < -0.39 is 0 Å². The van der Waals surface area contributed by atoms with Gasteiger partial charge < -0.3 is 19.7 Å². The number of hydrogen-bond donors (Lipinski definition) is 1. The van der Waals surface area contributed by atoms with Crippen molar-refractivity contribution in [3.63, 3.8) is 0 Å². The van der Waals surface area contributed by atoms with E-state index in [-0.39, 0.29) is 24.0 Å². The van der Waals surface area contributed by atoms with Crippen LogP contribution in [0.5, 0.6) is 0 Å². The Bertz CT molecular complexity index is 358. The molecule has 5 nitrogen and oxygen atoms in total. The van der Waals surface area contributed by atoms with Crippen molar-refractivity contribution in [1.82, 2.24) is 10.2 Å². The fourth-order valence-electron chi connectivity index (χ4n) is 3.88. The summed E-state index contributed by atoms with van der Waals surface area (Å²) < 4.78 is 11.3. The average molecular weight is 453 g/mol. The molecular weight excluding hydrogens is 417 g/mol. The zero-order chi connectivity index (χ0) is 16.5. The third-order valence-corrected chi connectivity index (χ3v) is 5.31. The van der Waals surface area contributed by atoms with E-state index in [1.165, 1.54) is 25.7 Å². The van der Waals surface area contributed by atoms with Crippen LogP contribution in [0, 0.1) is 11.8 Å². The van der Waals surface area contributed by atoms with Gasteiger partial charge in [0.1, 0.15) is 0 Å². The summed E-state index contributed by atoms with van der Waals surface area (Å²) in [6.07, 6.45) is 6.50. The van der Waals surface area contributed by atoms with E-state index in [2.05, 4.69) is 29.1 Å². The summed E-state index contributed by atoms with van der Waals surface area (Å²) in [4.78, 5) is 6.85. The van der Waals surface area contributed by atoms with Crippen LogP contribution < -0.4 is 5.32 Å². The highest BCUT2D eigenvalue weighted by atomic mass is 127. The van der Waals surface area contributed by atoms with Gasteiger partial charge in [-0.2, -0.15) is 0 Å². The third-order valence-electron chi connectivity index (χ3n) is 5.31. The molecule has 0 aliphatic carbocycles. The van der Waals surface area contributed by atoms with Gasteiger partial charge in [-0.25, -0.2) is 0 Å². The van der Waals surface area contributed by atoms with Crippen LogP contribution in [0.2, 0.25) is 0 Å². The molecule has 2 fully saturated rings. The van der Waals surface area contributed by atoms with Crippen LogP contribution in [0.15, 0.2) is 4.99 Å². The first-order valence-corrected chi connectivity index (χ1v) is 9.43. The van der Waals surface area contributed by atoms with Crippen LogP contribution >= 0.6 is 24.0 Å². The molecule has 1 N–H and O–H groups in total. The molecule has 0 radical (unpaired) electrons. The second kappa shape index (κ2) is 12.3. The van der Waals surface area contributed by atoms with E-state index in [0.29, 0.717) is 12.7 Å². The highest BCUT2D eigenvalue weighted by Crippen LogP contribution is 2.28. The van der Waals surface area contributed by atoms with Crippen LogP contribution in [-0.2, 0) is 9.47 Å². The number of rotatable bonds is 8. The molecule has 142 valence electrons. The molecule has 2 rings (SSSR count). The van der Waals surface area contributed by atoms with Crippen LogP contribution in [0.3, 0.4) is 0 Å². The summed E-state index contributed by atoms with van der Waals surface area (Å²) in [5.41, 5.74) is 0. The van der Waals surface area contributed by atoms with Crippen molar-refractivity contribution in [2.45, 2.75) is 52.1 Å². The maximum Gasteiger partial charge on any atom is 0.193 e. The van der Waals surface area contributed by atoms with Gasteiger partial charge in [0.15, 0.2) is 5.96 Å². The third kappa shape index (κ3) is 6.67. The Kier molecular flexibility index (Phi) is 11.3. The summed E-state index contributed by atoms with van der Waals surface area (Å²) in [6.45, 7) is 10.0. The van der Waals surface area contributed by atoms with Crippen molar-refractivity contribution < 1.29 is 9.47 Å². The van der Waals surface area contributed by atoms with Crippen LogP contribution in [0.1, 0.15) is 46.0 Å². The summed E-state index contributed by atoms with van der Waals surface area (Å²) in [5, 5.41) is 3.44. The number of halogens is 1. The predicted octanol–water partition coefficient (Wildman–Crippen LogP) is 3.13. The second-order valence-electron chi connectivity index (χ2n) is 6.76. The second-order valence-corrected chi connectivity index (χ2v) is 6.76. The molecule has 0 amide bonds.